The van der Waals surface area contributed by atoms with Crippen LogP contribution in [-0.4, -0.2) is 31.3 Å². The van der Waals surface area contributed by atoms with Crippen molar-refractivity contribution in [3.63, 3.8) is 0 Å². The molecule has 4 nitrogen and oxygen atoms in total. The molecule has 1 N–H and O–H groups in total. The molecule has 1 unspecified atom stereocenters. The molecule has 1 aliphatic carbocycles. The lowest BCUT2D eigenvalue weighted by Crippen LogP contribution is -2.40. The molecule has 2 rings (SSSR count). The summed E-state index contributed by atoms with van der Waals surface area (Å²) < 4.78 is 11.0. The second kappa shape index (κ2) is 7.46. The van der Waals surface area contributed by atoms with Crippen LogP contribution in [-0.2, 0) is 9.53 Å². The molecule has 1 aromatic carbocycles. The highest BCUT2D eigenvalue weighted by Gasteiger charge is 2.29. The molecule has 0 heterocycles. The van der Waals surface area contributed by atoms with Crippen LogP contribution in [0.2, 0.25) is 0 Å². The Hall–Kier alpha value is -1.55. The topological polar surface area (TPSA) is 47.6 Å². The van der Waals surface area contributed by atoms with Crippen molar-refractivity contribution >= 4 is 5.97 Å². The van der Waals surface area contributed by atoms with Crippen molar-refractivity contribution in [1.29, 1.82) is 0 Å². The number of benzene rings is 1. The van der Waals surface area contributed by atoms with Gasteiger partial charge in [-0.3, -0.25) is 4.79 Å². The van der Waals surface area contributed by atoms with Gasteiger partial charge in [-0.05, 0) is 50.8 Å². The number of ether oxygens (including phenoxy) is 2. The third kappa shape index (κ3) is 4.74. The molecule has 1 atom stereocenters. The van der Waals surface area contributed by atoms with Crippen LogP contribution in [0.1, 0.15) is 37.3 Å². The fourth-order valence-corrected chi connectivity index (χ4v) is 2.21. The molecule has 1 aliphatic rings. The number of carbonyl (C=O) groups excluding carboxylic acids is 1. The Morgan fingerprint density at radius 3 is 2.81 bits per heavy atom. The molecule has 1 saturated carbocycles. The zero-order valence-electron chi connectivity index (χ0n) is 13.1. The van der Waals surface area contributed by atoms with E-state index >= 15 is 0 Å². The summed E-state index contributed by atoms with van der Waals surface area (Å²) in [5, 5.41) is 3.33. The van der Waals surface area contributed by atoms with Crippen molar-refractivity contribution in [3.8, 4) is 5.75 Å². The largest absolute Gasteiger partial charge is 0.493 e. The Labute approximate surface area is 126 Å². The molecule has 116 valence electrons. The first-order valence-corrected chi connectivity index (χ1v) is 7.73. The molecule has 0 aromatic heterocycles. The number of hydrogen-bond donors (Lipinski definition) is 1. The Morgan fingerprint density at radius 1 is 1.38 bits per heavy atom. The average molecular weight is 291 g/mol. The third-order valence-electron chi connectivity index (χ3n) is 3.80. The van der Waals surface area contributed by atoms with Gasteiger partial charge in [-0.2, -0.15) is 0 Å². The van der Waals surface area contributed by atoms with Crippen LogP contribution in [0.15, 0.2) is 18.2 Å². The van der Waals surface area contributed by atoms with Crippen molar-refractivity contribution in [2.75, 3.05) is 13.2 Å². The lowest BCUT2D eigenvalue weighted by atomic mass is 10.1. The first-order chi connectivity index (χ1) is 10.1. The number of rotatable bonds is 8. The molecule has 0 spiro atoms. The van der Waals surface area contributed by atoms with Gasteiger partial charge in [0.25, 0.3) is 0 Å². The minimum atomic E-state index is -0.262. The van der Waals surface area contributed by atoms with Crippen LogP contribution >= 0.6 is 0 Å². The number of esters is 1. The summed E-state index contributed by atoms with van der Waals surface area (Å²) in [6.07, 6.45) is 2.92. The van der Waals surface area contributed by atoms with E-state index in [9.17, 15) is 4.79 Å². The van der Waals surface area contributed by atoms with Crippen LogP contribution in [0.25, 0.3) is 0 Å². The maximum atomic E-state index is 11.9. The lowest BCUT2D eigenvalue weighted by Gasteiger charge is -2.18. The van der Waals surface area contributed by atoms with Gasteiger partial charge in [-0.15, -0.1) is 0 Å². The van der Waals surface area contributed by atoms with Gasteiger partial charge in [0.15, 0.2) is 0 Å². The summed E-state index contributed by atoms with van der Waals surface area (Å²) >= 11 is 0. The predicted molar refractivity (Wildman–Crippen MR) is 82.6 cm³/mol. The van der Waals surface area contributed by atoms with E-state index in [2.05, 4.69) is 25.2 Å². The highest BCUT2D eigenvalue weighted by atomic mass is 16.5. The van der Waals surface area contributed by atoms with E-state index in [0.29, 0.717) is 25.7 Å². The standard InChI is InChI=1S/C17H25NO3/c1-4-20-17(19)15(18-14-8-9-14)10-11-21-16-7-5-6-12(2)13(16)3/h5-7,14-15,18H,4,8-11H2,1-3H3. The summed E-state index contributed by atoms with van der Waals surface area (Å²) in [5.41, 5.74) is 2.37. The fraction of sp³-hybridized carbons (Fsp3) is 0.588. The van der Waals surface area contributed by atoms with Gasteiger partial charge in [0.1, 0.15) is 11.8 Å². The van der Waals surface area contributed by atoms with Crippen LogP contribution in [0.5, 0.6) is 5.75 Å². The van der Waals surface area contributed by atoms with Gasteiger partial charge in [0.2, 0.25) is 0 Å². The van der Waals surface area contributed by atoms with Crippen LogP contribution in [0.4, 0.5) is 0 Å². The van der Waals surface area contributed by atoms with Crippen molar-refractivity contribution < 1.29 is 14.3 Å². The Morgan fingerprint density at radius 2 is 2.14 bits per heavy atom. The SMILES string of the molecule is CCOC(=O)C(CCOc1cccc(C)c1C)NC1CC1. The average Bonchev–Trinajstić information content (AvgIpc) is 3.26. The first kappa shape index (κ1) is 15.8. The van der Waals surface area contributed by atoms with Gasteiger partial charge in [0, 0.05) is 12.5 Å². The summed E-state index contributed by atoms with van der Waals surface area (Å²) in [6, 6.07) is 6.24. The molecule has 21 heavy (non-hydrogen) atoms. The molecule has 1 aromatic rings. The van der Waals surface area contributed by atoms with E-state index in [0.717, 1.165) is 24.2 Å². The predicted octanol–water partition coefficient (Wildman–Crippen LogP) is 2.76. The van der Waals surface area contributed by atoms with E-state index < -0.39 is 0 Å². The summed E-state index contributed by atoms with van der Waals surface area (Å²) in [7, 11) is 0. The van der Waals surface area contributed by atoms with Crippen molar-refractivity contribution in [1.82, 2.24) is 5.32 Å². The van der Waals surface area contributed by atoms with E-state index in [1.165, 1.54) is 5.56 Å². The smallest absolute Gasteiger partial charge is 0.323 e. The molecule has 1 fully saturated rings. The first-order valence-electron chi connectivity index (χ1n) is 7.73. The second-order valence-corrected chi connectivity index (χ2v) is 5.58. The molecule has 0 radical (unpaired) electrons. The molecule has 0 bridgehead atoms. The quantitative estimate of drug-likeness (QED) is 0.748. The van der Waals surface area contributed by atoms with E-state index in [4.69, 9.17) is 9.47 Å². The molecular weight excluding hydrogens is 266 g/mol. The molecule has 0 saturated heterocycles. The Balaban J connectivity index is 1.85. The maximum absolute atomic E-state index is 11.9. The van der Waals surface area contributed by atoms with E-state index in [1.807, 2.05) is 19.1 Å². The minimum absolute atomic E-state index is 0.172. The monoisotopic (exact) mass is 291 g/mol. The van der Waals surface area contributed by atoms with Crippen molar-refractivity contribution in [3.05, 3.63) is 29.3 Å². The zero-order valence-corrected chi connectivity index (χ0v) is 13.1. The summed E-state index contributed by atoms with van der Waals surface area (Å²) in [5.74, 6) is 0.720. The van der Waals surface area contributed by atoms with Crippen LogP contribution in [0.3, 0.4) is 0 Å². The third-order valence-corrected chi connectivity index (χ3v) is 3.80. The highest BCUT2D eigenvalue weighted by Crippen LogP contribution is 2.22. The lowest BCUT2D eigenvalue weighted by molar-refractivity contribution is -0.146. The minimum Gasteiger partial charge on any atom is -0.493 e. The zero-order chi connectivity index (χ0) is 15.2. The van der Waals surface area contributed by atoms with Crippen LogP contribution in [0, 0.1) is 13.8 Å². The van der Waals surface area contributed by atoms with Gasteiger partial charge in [-0.25, -0.2) is 0 Å². The summed E-state index contributed by atoms with van der Waals surface area (Å²) in [6.45, 7) is 6.87. The normalized spacial score (nSPS) is 15.6. The summed E-state index contributed by atoms with van der Waals surface area (Å²) in [4.78, 5) is 11.9. The van der Waals surface area contributed by atoms with Gasteiger partial charge < -0.3 is 14.8 Å². The van der Waals surface area contributed by atoms with Crippen molar-refractivity contribution in [2.24, 2.45) is 0 Å². The van der Waals surface area contributed by atoms with Crippen molar-refractivity contribution in [2.45, 2.75) is 52.1 Å². The number of carbonyl (C=O) groups is 1. The number of hydrogen-bond acceptors (Lipinski definition) is 4. The number of aryl methyl sites for hydroxylation is 1. The van der Waals surface area contributed by atoms with Gasteiger partial charge in [0.05, 0.1) is 13.2 Å². The van der Waals surface area contributed by atoms with Gasteiger partial charge in [-0.1, -0.05) is 12.1 Å². The van der Waals surface area contributed by atoms with Gasteiger partial charge >= 0.3 is 5.97 Å². The van der Waals surface area contributed by atoms with E-state index in [-0.39, 0.29) is 12.0 Å². The van der Waals surface area contributed by atoms with E-state index in [1.54, 1.807) is 0 Å². The second-order valence-electron chi connectivity index (χ2n) is 5.58. The molecule has 0 aliphatic heterocycles. The molecular formula is C17H25NO3. The molecule has 0 amide bonds. The maximum Gasteiger partial charge on any atom is 0.323 e. The Bertz CT molecular complexity index is 483. The fourth-order valence-electron chi connectivity index (χ4n) is 2.21. The number of nitrogens with one attached hydrogen (secondary N) is 1. The highest BCUT2D eigenvalue weighted by molar-refractivity contribution is 5.75. The molecule has 4 heteroatoms. The Kier molecular flexibility index (Phi) is 5.62. The van der Waals surface area contributed by atoms with Crippen LogP contribution < -0.4 is 10.1 Å².